The molecular weight excluding hydrogens is 418 g/mol. The molecule has 0 fully saturated rings. The Labute approximate surface area is 180 Å². The third-order valence-electron chi connectivity index (χ3n) is 4.54. The fourth-order valence-electron chi connectivity index (χ4n) is 2.99. The maximum absolute atomic E-state index is 13.1. The average molecular weight is 434 g/mol. The molecule has 0 bridgehead atoms. The molecule has 148 valence electrons. The van der Waals surface area contributed by atoms with Crippen LogP contribution in [0.15, 0.2) is 69.9 Å². The highest BCUT2D eigenvalue weighted by Crippen LogP contribution is 2.28. The summed E-state index contributed by atoms with van der Waals surface area (Å²) in [5.74, 6) is -0.478. The molecule has 1 N–H and O–H groups in total. The number of rotatable bonds is 6. The first-order valence-electron chi connectivity index (χ1n) is 8.95. The van der Waals surface area contributed by atoms with Crippen LogP contribution in [0.5, 0.6) is 0 Å². The van der Waals surface area contributed by atoms with Crippen molar-refractivity contribution in [1.82, 2.24) is 9.55 Å². The molecule has 0 aliphatic rings. The minimum absolute atomic E-state index is 0.127. The summed E-state index contributed by atoms with van der Waals surface area (Å²) in [4.78, 5) is 32.4. The number of aromatic carboxylic acids is 1. The second-order valence-electron chi connectivity index (χ2n) is 6.45. The number of para-hydroxylation sites is 1. The largest absolute Gasteiger partial charge is 0.478 e. The van der Waals surface area contributed by atoms with Crippen LogP contribution in [-0.2, 0) is 12.3 Å². The van der Waals surface area contributed by atoms with Gasteiger partial charge in [-0.05, 0) is 34.7 Å². The second-order valence-corrected chi connectivity index (χ2v) is 8.31. The van der Waals surface area contributed by atoms with Crippen LogP contribution < -0.4 is 5.56 Å². The minimum Gasteiger partial charge on any atom is -0.478 e. The molecule has 0 unspecified atom stereocenters. The summed E-state index contributed by atoms with van der Waals surface area (Å²) in [7, 11) is 0. The van der Waals surface area contributed by atoms with Crippen LogP contribution in [0.25, 0.3) is 15.1 Å². The summed E-state index contributed by atoms with van der Waals surface area (Å²) in [6.07, 6.45) is 0. The van der Waals surface area contributed by atoms with Gasteiger partial charge in [0.15, 0.2) is 10.8 Å². The number of hydrogen-bond acceptors (Lipinski definition) is 5. The van der Waals surface area contributed by atoms with E-state index in [9.17, 15) is 9.59 Å². The van der Waals surface area contributed by atoms with Gasteiger partial charge in [-0.2, -0.15) is 0 Å². The number of thioether (sulfide) groups is 1. The number of benzene rings is 2. The highest BCUT2D eigenvalue weighted by atomic mass is 32.2. The van der Waals surface area contributed by atoms with E-state index in [2.05, 4.69) is 9.83 Å². The standard InChI is InChI=1S/C22H15N3O3S2/c1-23-17-5-3-2-4-16(17)13-30-22-24-18-10-11-29-19(18)20(26)25(22)12-14-6-8-15(9-7-14)21(27)28/h2-11H,12-13H2,(H,27,28). The van der Waals surface area contributed by atoms with Crippen LogP contribution in [0.3, 0.4) is 0 Å². The Hall–Kier alpha value is -3.41. The minimum atomic E-state index is -0.991. The zero-order valence-corrected chi connectivity index (χ0v) is 17.2. The number of nitrogens with zero attached hydrogens (tertiary/aromatic N) is 3. The Bertz CT molecular complexity index is 1330. The van der Waals surface area contributed by atoms with Gasteiger partial charge in [0.2, 0.25) is 0 Å². The topological polar surface area (TPSA) is 76.5 Å². The zero-order chi connectivity index (χ0) is 21.1. The van der Waals surface area contributed by atoms with Crippen LogP contribution in [0.2, 0.25) is 0 Å². The molecule has 0 amide bonds. The van der Waals surface area contributed by atoms with E-state index < -0.39 is 5.97 Å². The molecule has 0 radical (unpaired) electrons. The fraction of sp³-hybridized carbons (Fsp3) is 0.0909. The molecule has 4 aromatic rings. The summed E-state index contributed by atoms with van der Waals surface area (Å²) in [6.45, 7) is 7.62. The van der Waals surface area contributed by atoms with Crippen molar-refractivity contribution in [3.05, 3.63) is 98.4 Å². The molecule has 8 heteroatoms. The second kappa shape index (κ2) is 8.53. The van der Waals surface area contributed by atoms with Crippen molar-refractivity contribution in [1.29, 1.82) is 0 Å². The van der Waals surface area contributed by atoms with Gasteiger partial charge >= 0.3 is 5.97 Å². The van der Waals surface area contributed by atoms with Crippen molar-refractivity contribution in [2.24, 2.45) is 0 Å². The quantitative estimate of drug-likeness (QED) is 0.262. The zero-order valence-electron chi connectivity index (χ0n) is 15.6. The van der Waals surface area contributed by atoms with Crippen molar-refractivity contribution in [3.63, 3.8) is 0 Å². The van der Waals surface area contributed by atoms with E-state index in [4.69, 9.17) is 11.7 Å². The Morgan fingerprint density at radius 3 is 2.67 bits per heavy atom. The van der Waals surface area contributed by atoms with Crippen molar-refractivity contribution in [3.8, 4) is 0 Å². The Morgan fingerprint density at radius 1 is 1.17 bits per heavy atom. The third-order valence-corrected chi connectivity index (χ3v) is 6.46. The van der Waals surface area contributed by atoms with Gasteiger partial charge in [0.25, 0.3) is 5.56 Å². The van der Waals surface area contributed by atoms with Crippen molar-refractivity contribution >= 4 is 45.0 Å². The normalized spacial score (nSPS) is 10.8. The summed E-state index contributed by atoms with van der Waals surface area (Å²) in [5, 5.41) is 11.5. The summed E-state index contributed by atoms with van der Waals surface area (Å²) in [5.41, 5.74) is 3.00. The molecule has 2 aromatic carbocycles. The van der Waals surface area contributed by atoms with Crippen LogP contribution in [0.4, 0.5) is 5.69 Å². The van der Waals surface area contributed by atoms with Gasteiger partial charge in [-0.25, -0.2) is 14.6 Å². The number of aromatic nitrogens is 2. The maximum Gasteiger partial charge on any atom is 0.335 e. The highest BCUT2D eigenvalue weighted by molar-refractivity contribution is 7.98. The molecule has 2 aromatic heterocycles. The predicted octanol–water partition coefficient (Wildman–Crippen LogP) is 5.05. The molecule has 2 heterocycles. The van der Waals surface area contributed by atoms with E-state index in [0.717, 1.165) is 11.1 Å². The molecular formula is C22H15N3O3S2. The van der Waals surface area contributed by atoms with Crippen molar-refractivity contribution < 1.29 is 9.90 Å². The van der Waals surface area contributed by atoms with E-state index in [0.29, 0.717) is 26.8 Å². The van der Waals surface area contributed by atoms with Gasteiger partial charge < -0.3 is 5.11 Å². The SMILES string of the molecule is [C-]#[N+]c1ccccc1CSc1nc2ccsc2c(=O)n1Cc1ccc(C(=O)O)cc1. The Morgan fingerprint density at radius 2 is 1.93 bits per heavy atom. The number of carboxylic acid groups (broad SMARTS) is 1. The lowest BCUT2D eigenvalue weighted by molar-refractivity contribution is 0.0697. The summed E-state index contributed by atoms with van der Waals surface area (Å²) < 4.78 is 2.20. The highest BCUT2D eigenvalue weighted by Gasteiger charge is 2.14. The van der Waals surface area contributed by atoms with E-state index in [-0.39, 0.29) is 17.7 Å². The van der Waals surface area contributed by atoms with Crippen LogP contribution >= 0.6 is 23.1 Å². The van der Waals surface area contributed by atoms with Crippen molar-refractivity contribution in [2.75, 3.05) is 0 Å². The molecule has 0 atom stereocenters. The lowest BCUT2D eigenvalue weighted by Crippen LogP contribution is -2.23. The molecule has 0 saturated carbocycles. The first-order valence-corrected chi connectivity index (χ1v) is 10.8. The van der Waals surface area contributed by atoms with E-state index >= 15 is 0 Å². The molecule has 0 aliphatic carbocycles. The predicted molar refractivity (Wildman–Crippen MR) is 119 cm³/mol. The third kappa shape index (κ3) is 3.99. The molecule has 30 heavy (non-hydrogen) atoms. The number of carboxylic acids is 1. The van der Waals surface area contributed by atoms with Crippen LogP contribution in [0.1, 0.15) is 21.5 Å². The van der Waals surface area contributed by atoms with E-state index in [1.807, 2.05) is 29.6 Å². The summed E-state index contributed by atoms with van der Waals surface area (Å²) >= 11 is 2.76. The first kappa shape index (κ1) is 19.9. The number of thiophene rings is 1. The van der Waals surface area contributed by atoms with E-state index in [1.54, 1.807) is 22.8 Å². The molecule has 6 nitrogen and oxygen atoms in total. The van der Waals surface area contributed by atoms with Gasteiger partial charge in [-0.3, -0.25) is 9.36 Å². The van der Waals surface area contributed by atoms with Gasteiger partial charge in [-0.15, -0.1) is 11.3 Å². The maximum atomic E-state index is 13.1. The van der Waals surface area contributed by atoms with Gasteiger partial charge in [0.05, 0.1) is 24.2 Å². The number of carbonyl (C=O) groups is 1. The smallest absolute Gasteiger partial charge is 0.335 e. The first-order chi connectivity index (χ1) is 14.6. The number of hydrogen-bond donors (Lipinski definition) is 1. The van der Waals surface area contributed by atoms with E-state index in [1.165, 1.54) is 35.2 Å². The summed E-state index contributed by atoms with van der Waals surface area (Å²) in [6, 6.07) is 15.7. The van der Waals surface area contributed by atoms with Gasteiger partial charge in [0, 0.05) is 5.75 Å². The lowest BCUT2D eigenvalue weighted by Gasteiger charge is -2.13. The monoisotopic (exact) mass is 433 g/mol. The van der Waals surface area contributed by atoms with Crippen LogP contribution in [-0.4, -0.2) is 20.6 Å². The Balaban J connectivity index is 1.70. The average Bonchev–Trinajstić information content (AvgIpc) is 3.24. The fourth-order valence-corrected chi connectivity index (χ4v) is 4.77. The van der Waals surface area contributed by atoms with Gasteiger partial charge in [-0.1, -0.05) is 48.2 Å². The molecule has 4 rings (SSSR count). The Kier molecular flexibility index (Phi) is 5.65. The van der Waals surface area contributed by atoms with Crippen LogP contribution in [0, 0.1) is 6.57 Å². The number of fused-ring (bicyclic) bond motifs is 1. The molecule has 0 spiro atoms. The molecule has 0 aliphatic heterocycles. The van der Waals surface area contributed by atoms with Gasteiger partial charge in [0.1, 0.15) is 4.70 Å². The molecule has 0 saturated heterocycles. The van der Waals surface area contributed by atoms with Crippen molar-refractivity contribution in [2.45, 2.75) is 17.5 Å². The lowest BCUT2D eigenvalue weighted by atomic mass is 10.1.